The van der Waals surface area contributed by atoms with Gasteiger partial charge in [-0.1, -0.05) is 20.8 Å². The van der Waals surface area contributed by atoms with Gasteiger partial charge in [0.25, 0.3) is 0 Å². The topological polar surface area (TPSA) is 32.3 Å². The van der Waals surface area contributed by atoms with Gasteiger partial charge in [0, 0.05) is 26.1 Å². The largest absolute Gasteiger partial charge is 0.343 e. The molecule has 2 aliphatic rings. The molecule has 2 saturated heterocycles. The molecule has 1 amide bonds. The third-order valence-electron chi connectivity index (χ3n) is 4.83. The molecule has 0 aromatic heterocycles. The van der Waals surface area contributed by atoms with Gasteiger partial charge in [0.2, 0.25) is 5.91 Å². The predicted molar refractivity (Wildman–Crippen MR) is 79.0 cm³/mol. The zero-order valence-corrected chi connectivity index (χ0v) is 12.9. The molecular formula is C16H30N2O. The van der Waals surface area contributed by atoms with E-state index in [1.165, 1.54) is 32.4 Å². The highest BCUT2D eigenvalue weighted by Crippen LogP contribution is 2.37. The minimum atomic E-state index is 0.349. The van der Waals surface area contributed by atoms with Crippen molar-refractivity contribution in [3.8, 4) is 0 Å². The van der Waals surface area contributed by atoms with Crippen molar-refractivity contribution in [2.45, 2.75) is 59.3 Å². The van der Waals surface area contributed by atoms with Gasteiger partial charge in [0.15, 0.2) is 0 Å². The first kappa shape index (κ1) is 14.8. The van der Waals surface area contributed by atoms with Gasteiger partial charge in [-0.2, -0.15) is 0 Å². The van der Waals surface area contributed by atoms with E-state index in [0.29, 0.717) is 16.7 Å². The Bertz CT molecular complexity index is 303. The highest BCUT2D eigenvalue weighted by Gasteiger charge is 2.37. The van der Waals surface area contributed by atoms with Crippen molar-refractivity contribution in [2.75, 3.05) is 26.2 Å². The summed E-state index contributed by atoms with van der Waals surface area (Å²) in [6.07, 6.45) is 6.61. The molecule has 3 nitrogen and oxygen atoms in total. The third-order valence-corrected chi connectivity index (χ3v) is 4.83. The fourth-order valence-electron chi connectivity index (χ4n) is 3.38. The van der Waals surface area contributed by atoms with Crippen LogP contribution in [0.5, 0.6) is 0 Å². The Morgan fingerprint density at radius 3 is 2.42 bits per heavy atom. The molecule has 0 aromatic carbocycles. The second-order valence-corrected chi connectivity index (χ2v) is 7.72. The minimum Gasteiger partial charge on any atom is -0.343 e. The number of rotatable bonds is 3. The van der Waals surface area contributed by atoms with Gasteiger partial charge in [-0.05, 0) is 49.5 Å². The Balaban J connectivity index is 1.70. The van der Waals surface area contributed by atoms with Crippen LogP contribution in [0.15, 0.2) is 0 Å². The number of amides is 1. The van der Waals surface area contributed by atoms with Gasteiger partial charge in [0.05, 0.1) is 0 Å². The number of hydrogen-bond donors (Lipinski definition) is 1. The Morgan fingerprint density at radius 2 is 1.89 bits per heavy atom. The van der Waals surface area contributed by atoms with Crippen LogP contribution in [0.1, 0.15) is 59.3 Å². The average Bonchev–Trinajstić information content (AvgIpc) is 2.77. The van der Waals surface area contributed by atoms with E-state index in [1.54, 1.807) is 0 Å². The van der Waals surface area contributed by atoms with Gasteiger partial charge in [-0.25, -0.2) is 0 Å². The minimum absolute atomic E-state index is 0.349. The summed E-state index contributed by atoms with van der Waals surface area (Å²) in [7, 11) is 0. The van der Waals surface area contributed by atoms with Gasteiger partial charge >= 0.3 is 0 Å². The zero-order chi connectivity index (χ0) is 13.9. The Morgan fingerprint density at radius 1 is 1.21 bits per heavy atom. The van der Waals surface area contributed by atoms with Crippen molar-refractivity contribution in [1.29, 1.82) is 0 Å². The van der Waals surface area contributed by atoms with E-state index in [0.717, 1.165) is 32.4 Å². The summed E-state index contributed by atoms with van der Waals surface area (Å²) in [5.41, 5.74) is 0.865. The summed E-state index contributed by atoms with van der Waals surface area (Å²) in [5.74, 6) is 0.380. The molecule has 0 atom stereocenters. The molecule has 0 bridgehead atoms. The monoisotopic (exact) mass is 266 g/mol. The summed E-state index contributed by atoms with van der Waals surface area (Å²) in [6, 6.07) is 0. The maximum Gasteiger partial charge on any atom is 0.222 e. The SMILES string of the molecule is CC(C)(C)CCCC(=O)N1CCC2(CCNC2)CC1. The normalized spacial score (nSPS) is 23.0. The van der Waals surface area contributed by atoms with Crippen LogP contribution in [0.25, 0.3) is 0 Å². The van der Waals surface area contributed by atoms with Crippen LogP contribution >= 0.6 is 0 Å². The standard InChI is InChI=1S/C16H30N2O/c1-15(2,3)6-4-5-14(19)18-11-8-16(9-12-18)7-10-17-13-16/h17H,4-13H2,1-3H3. The molecule has 0 radical (unpaired) electrons. The first-order valence-electron chi connectivity index (χ1n) is 7.89. The van der Waals surface area contributed by atoms with E-state index in [-0.39, 0.29) is 0 Å². The highest BCUT2D eigenvalue weighted by molar-refractivity contribution is 5.76. The fraction of sp³-hybridized carbons (Fsp3) is 0.938. The quantitative estimate of drug-likeness (QED) is 0.852. The first-order valence-corrected chi connectivity index (χ1v) is 7.89. The lowest BCUT2D eigenvalue weighted by Gasteiger charge is -2.39. The van der Waals surface area contributed by atoms with Crippen LogP contribution in [-0.2, 0) is 4.79 Å². The van der Waals surface area contributed by atoms with Crippen LogP contribution in [0.3, 0.4) is 0 Å². The lowest BCUT2D eigenvalue weighted by Crippen LogP contribution is -2.44. The molecule has 3 heteroatoms. The van der Waals surface area contributed by atoms with Crippen molar-refractivity contribution in [3.63, 3.8) is 0 Å². The van der Waals surface area contributed by atoms with E-state index in [2.05, 4.69) is 31.0 Å². The maximum absolute atomic E-state index is 12.2. The molecule has 1 N–H and O–H groups in total. The molecule has 1 spiro atoms. The molecule has 19 heavy (non-hydrogen) atoms. The van der Waals surface area contributed by atoms with Crippen LogP contribution in [0, 0.1) is 10.8 Å². The number of likely N-dealkylation sites (tertiary alicyclic amines) is 1. The zero-order valence-electron chi connectivity index (χ0n) is 12.9. The highest BCUT2D eigenvalue weighted by atomic mass is 16.2. The summed E-state index contributed by atoms with van der Waals surface area (Å²) in [6.45, 7) is 11.0. The summed E-state index contributed by atoms with van der Waals surface area (Å²) >= 11 is 0. The van der Waals surface area contributed by atoms with Crippen molar-refractivity contribution < 1.29 is 4.79 Å². The Kier molecular flexibility index (Phi) is 4.54. The molecule has 2 aliphatic heterocycles. The molecule has 2 fully saturated rings. The fourth-order valence-corrected chi connectivity index (χ4v) is 3.38. The number of nitrogens with one attached hydrogen (secondary N) is 1. The van der Waals surface area contributed by atoms with Crippen LogP contribution in [0.4, 0.5) is 0 Å². The van der Waals surface area contributed by atoms with Gasteiger partial charge in [0.1, 0.15) is 0 Å². The molecule has 0 saturated carbocycles. The summed E-state index contributed by atoms with van der Waals surface area (Å²) in [4.78, 5) is 14.3. The number of nitrogens with zero attached hydrogens (tertiary/aromatic N) is 1. The lowest BCUT2D eigenvalue weighted by molar-refractivity contribution is -0.133. The second kappa shape index (κ2) is 5.82. The van der Waals surface area contributed by atoms with Crippen molar-refractivity contribution in [1.82, 2.24) is 10.2 Å². The first-order chi connectivity index (χ1) is 8.90. The number of hydrogen-bond acceptors (Lipinski definition) is 2. The van der Waals surface area contributed by atoms with Gasteiger partial charge in [-0.15, -0.1) is 0 Å². The molecule has 2 heterocycles. The van der Waals surface area contributed by atoms with Crippen molar-refractivity contribution >= 4 is 5.91 Å². The third kappa shape index (κ3) is 4.20. The van der Waals surface area contributed by atoms with Gasteiger partial charge in [-0.3, -0.25) is 4.79 Å². The Hall–Kier alpha value is -0.570. The smallest absolute Gasteiger partial charge is 0.222 e. The van der Waals surface area contributed by atoms with E-state index in [9.17, 15) is 4.79 Å². The Labute approximate surface area is 118 Å². The van der Waals surface area contributed by atoms with Gasteiger partial charge < -0.3 is 10.2 Å². The van der Waals surface area contributed by atoms with Crippen LogP contribution in [-0.4, -0.2) is 37.0 Å². The molecule has 0 aromatic rings. The predicted octanol–water partition coefficient (Wildman–Crippen LogP) is 2.80. The molecular weight excluding hydrogens is 236 g/mol. The van der Waals surface area contributed by atoms with Crippen LogP contribution < -0.4 is 5.32 Å². The molecule has 0 aliphatic carbocycles. The summed E-state index contributed by atoms with van der Waals surface area (Å²) < 4.78 is 0. The molecule has 110 valence electrons. The summed E-state index contributed by atoms with van der Waals surface area (Å²) in [5, 5.41) is 3.47. The number of piperidine rings is 1. The molecule has 2 rings (SSSR count). The van der Waals surface area contributed by atoms with E-state index < -0.39 is 0 Å². The molecule has 0 unspecified atom stereocenters. The second-order valence-electron chi connectivity index (χ2n) is 7.72. The van der Waals surface area contributed by atoms with E-state index in [1.807, 2.05) is 0 Å². The maximum atomic E-state index is 12.2. The number of carbonyl (C=O) groups is 1. The van der Waals surface area contributed by atoms with E-state index >= 15 is 0 Å². The van der Waals surface area contributed by atoms with Crippen molar-refractivity contribution in [2.24, 2.45) is 10.8 Å². The lowest BCUT2D eigenvalue weighted by atomic mass is 9.78. The van der Waals surface area contributed by atoms with Crippen molar-refractivity contribution in [3.05, 3.63) is 0 Å². The van der Waals surface area contributed by atoms with Crippen LogP contribution in [0.2, 0.25) is 0 Å². The van der Waals surface area contributed by atoms with E-state index in [4.69, 9.17) is 0 Å². The number of carbonyl (C=O) groups excluding carboxylic acids is 1. The average molecular weight is 266 g/mol.